The first-order chi connectivity index (χ1) is 11.0. The molecule has 1 heterocycles. The average Bonchev–Trinajstić information content (AvgIpc) is 2.55. The third-order valence-electron chi connectivity index (χ3n) is 3.94. The van der Waals surface area contributed by atoms with Crippen molar-refractivity contribution < 1.29 is 23.1 Å². The molecule has 1 aromatic carbocycles. The molecule has 1 aliphatic rings. The Morgan fingerprint density at radius 3 is 2.74 bits per heavy atom. The topological polar surface area (TPSA) is 46.6 Å². The van der Waals surface area contributed by atoms with Gasteiger partial charge in [-0.15, -0.1) is 0 Å². The maximum atomic E-state index is 13.1. The van der Waals surface area contributed by atoms with Crippen molar-refractivity contribution in [2.75, 3.05) is 19.7 Å². The molecule has 0 radical (unpaired) electrons. The largest absolute Gasteiger partial charge is 0.377 e. The van der Waals surface area contributed by atoms with Crippen LogP contribution in [0.4, 0.5) is 8.78 Å². The number of halogens is 2. The number of piperidine rings is 1. The molecule has 0 bridgehead atoms. The smallest absolute Gasteiger partial charge is 0.223 e. The number of ether oxygens (including phenoxy) is 1. The van der Waals surface area contributed by atoms with E-state index >= 15 is 0 Å². The van der Waals surface area contributed by atoms with Gasteiger partial charge in [-0.1, -0.05) is 0 Å². The first-order valence-electron chi connectivity index (χ1n) is 7.89. The van der Waals surface area contributed by atoms with Crippen LogP contribution in [0.25, 0.3) is 0 Å². The number of nitrogens with zero attached hydrogens (tertiary/aromatic N) is 1. The molecule has 4 nitrogen and oxygen atoms in total. The summed E-state index contributed by atoms with van der Waals surface area (Å²) in [7, 11) is 0. The van der Waals surface area contributed by atoms with E-state index in [0.717, 1.165) is 25.0 Å². The van der Waals surface area contributed by atoms with Crippen LogP contribution in [0.3, 0.4) is 0 Å². The van der Waals surface area contributed by atoms with Crippen LogP contribution in [-0.2, 0) is 9.53 Å². The van der Waals surface area contributed by atoms with Crippen LogP contribution in [0.1, 0.15) is 43.0 Å². The van der Waals surface area contributed by atoms with Crippen molar-refractivity contribution in [3.8, 4) is 0 Å². The maximum absolute atomic E-state index is 13.1. The molecule has 1 saturated heterocycles. The number of ketones is 1. The zero-order valence-corrected chi connectivity index (χ0v) is 13.2. The molecule has 1 fully saturated rings. The normalized spacial score (nSPS) is 18.0. The fraction of sp³-hybridized carbons (Fsp3) is 0.529. The zero-order valence-electron chi connectivity index (χ0n) is 13.2. The van der Waals surface area contributed by atoms with Crippen LogP contribution in [0, 0.1) is 11.6 Å². The molecule has 0 aliphatic carbocycles. The number of benzene rings is 1. The van der Waals surface area contributed by atoms with E-state index in [0.29, 0.717) is 19.7 Å². The minimum absolute atomic E-state index is 0.0142. The molecule has 23 heavy (non-hydrogen) atoms. The second-order valence-electron chi connectivity index (χ2n) is 5.61. The van der Waals surface area contributed by atoms with E-state index in [-0.39, 0.29) is 36.2 Å². The van der Waals surface area contributed by atoms with Gasteiger partial charge in [0.05, 0.1) is 6.10 Å². The highest BCUT2D eigenvalue weighted by Gasteiger charge is 2.24. The number of likely N-dealkylation sites (tertiary alicyclic amines) is 1. The lowest BCUT2D eigenvalue weighted by atomic mass is 10.0. The third-order valence-corrected chi connectivity index (χ3v) is 3.94. The molecule has 0 spiro atoms. The Morgan fingerprint density at radius 1 is 1.26 bits per heavy atom. The van der Waals surface area contributed by atoms with Crippen LogP contribution in [0.2, 0.25) is 0 Å². The Bertz CT molecular complexity index is 575. The van der Waals surface area contributed by atoms with Gasteiger partial charge in [0.2, 0.25) is 5.91 Å². The van der Waals surface area contributed by atoms with Gasteiger partial charge in [0.25, 0.3) is 0 Å². The quantitative estimate of drug-likeness (QED) is 0.756. The van der Waals surface area contributed by atoms with E-state index in [9.17, 15) is 18.4 Å². The summed E-state index contributed by atoms with van der Waals surface area (Å²) >= 11 is 0. The molecule has 0 N–H and O–H groups in total. The number of amides is 1. The Labute approximate surface area is 134 Å². The molecule has 2 rings (SSSR count). The minimum Gasteiger partial charge on any atom is -0.377 e. The molecule has 1 atom stereocenters. The van der Waals surface area contributed by atoms with Crippen molar-refractivity contribution in [2.45, 2.75) is 38.7 Å². The lowest BCUT2D eigenvalue weighted by Crippen LogP contribution is -2.43. The molecule has 1 aromatic rings. The SMILES string of the molecule is CCO[C@@H]1CCCN(C(=O)CCC(=O)c2ccc(F)c(F)c2)C1. The second-order valence-corrected chi connectivity index (χ2v) is 5.61. The highest BCUT2D eigenvalue weighted by molar-refractivity contribution is 5.97. The van der Waals surface area contributed by atoms with Gasteiger partial charge in [0.15, 0.2) is 17.4 Å². The number of carbonyl (C=O) groups excluding carboxylic acids is 2. The van der Waals surface area contributed by atoms with E-state index in [1.807, 2.05) is 6.92 Å². The van der Waals surface area contributed by atoms with Crippen LogP contribution in [-0.4, -0.2) is 42.4 Å². The molecule has 1 aliphatic heterocycles. The Hall–Kier alpha value is -1.82. The van der Waals surface area contributed by atoms with Gasteiger partial charge in [-0.3, -0.25) is 9.59 Å². The molecule has 0 aromatic heterocycles. The standard InChI is InChI=1S/C17H21F2NO3/c1-2-23-13-4-3-9-20(11-13)17(22)8-7-16(21)12-5-6-14(18)15(19)10-12/h5-6,10,13H,2-4,7-9,11H2,1H3/t13-/m1/s1. The van der Waals surface area contributed by atoms with Gasteiger partial charge in [0, 0.05) is 38.1 Å². The fourth-order valence-corrected chi connectivity index (χ4v) is 2.73. The maximum Gasteiger partial charge on any atom is 0.223 e. The monoisotopic (exact) mass is 325 g/mol. The van der Waals surface area contributed by atoms with Crippen molar-refractivity contribution in [1.82, 2.24) is 4.90 Å². The summed E-state index contributed by atoms with van der Waals surface area (Å²) in [5.41, 5.74) is 0.0857. The van der Waals surface area contributed by atoms with Gasteiger partial charge >= 0.3 is 0 Å². The van der Waals surface area contributed by atoms with Crippen LogP contribution < -0.4 is 0 Å². The number of rotatable bonds is 6. The summed E-state index contributed by atoms with van der Waals surface area (Å²) in [5, 5.41) is 0. The van der Waals surface area contributed by atoms with Crippen molar-refractivity contribution in [3.63, 3.8) is 0 Å². The number of Topliss-reactive ketones (excluding diaryl/α,β-unsaturated/α-hetero) is 1. The highest BCUT2D eigenvalue weighted by atomic mass is 19.2. The van der Waals surface area contributed by atoms with Crippen LogP contribution >= 0.6 is 0 Å². The van der Waals surface area contributed by atoms with E-state index in [2.05, 4.69) is 0 Å². The third kappa shape index (κ3) is 4.82. The summed E-state index contributed by atoms with van der Waals surface area (Å²) in [5.74, 6) is -2.52. The zero-order chi connectivity index (χ0) is 16.8. The number of hydrogen-bond acceptors (Lipinski definition) is 3. The Morgan fingerprint density at radius 2 is 2.04 bits per heavy atom. The summed E-state index contributed by atoms with van der Waals surface area (Å²) in [6, 6.07) is 3.02. The fourth-order valence-electron chi connectivity index (χ4n) is 2.73. The van der Waals surface area contributed by atoms with Crippen molar-refractivity contribution in [1.29, 1.82) is 0 Å². The second kappa shape index (κ2) is 8.15. The molecular weight excluding hydrogens is 304 g/mol. The van der Waals surface area contributed by atoms with Gasteiger partial charge in [-0.05, 0) is 38.0 Å². The van der Waals surface area contributed by atoms with Gasteiger partial charge in [-0.2, -0.15) is 0 Å². The lowest BCUT2D eigenvalue weighted by molar-refractivity contribution is -0.135. The van der Waals surface area contributed by atoms with E-state index in [1.165, 1.54) is 6.07 Å². The molecule has 6 heteroatoms. The predicted octanol–water partition coefficient (Wildman–Crippen LogP) is 2.96. The van der Waals surface area contributed by atoms with E-state index in [1.54, 1.807) is 4.90 Å². The molecule has 0 saturated carbocycles. The summed E-state index contributed by atoms with van der Waals surface area (Å²) in [4.78, 5) is 25.9. The molecular formula is C17H21F2NO3. The van der Waals surface area contributed by atoms with Crippen LogP contribution in [0.15, 0.2) is 18.2 Å². The van der Waals surface area contributed by atoms with E-state index < -0.39 is 11.6 Å². The minimum atomic E-state index is -1.06. The molecule has 0 unspecified atom stereocenters. The predicted molar refractivity (Wildman–Crippen MR) is 81.2 cm³/mol. The Kier molecular flexibility index (Phi) is 6.21. The van der Waals surface area contributed by atoms with Crippen molar-refractivity contribution in [3.05, 3.63) is 35.4 Å². The number of hydrogen-bond donors (Lipinski definition) is 0. The van der Waals surface area contributed by atoms with E-state index in [4.69, 9.17) is 4.74 Å². The summed E-state index contributed by atoms with van der Waals surface area (Å²) in [6.45, 7) is 3.75. The Balaban J connectivity index is 1.85. The van der Waals surface area contributed by atoms with Crippen LogP contribution in [0.5, 0.6) is 0 Å². The molecule has 126 valence electrons. The van der Waals surface area contributed by atoms with Gasteiger partial charge in [0.1, 0.15) is 0 Å². The van der Waals surface area contributed by atoms with Crippen molar-refractivity contribution in [2.24, 2.45) is 0 Å². The number of carbonyl (C=O) groups is 2. The average molecular weight is 325 g/mol. The lowest BCUT2D eigenvalue weighted by Gasteiger charge is -2.32. The van der Waals surface area contributed by atoms with Crippen molar-refractivity contribution >= 4 is 11.7 Å². The summed E-state index contributed by atoms with van der Waals surface area (Å²) < 4.78 is 31.5. The highest BCUT2D eigenvalue weighted by Crippen LogP contribution is 2.16. The van der Waals surface area contributed by atoms with Gasteiger partial charge < -0.3 is 9.64 Å². The first kappa shape index (κ1) is 17.5. The first-order valence-corrected chi connectivity index (χ1v) is 7.89. The van der Waals surface area contributed by atoms with Gasteiger partial charge in [-0.25, -0.2) is 8.78 Å². The summed E-state index contributed by atoms with van der Waals surface area (Å²) in [6.07, 6.45) is 1.93. The molecule has 1 amide bonds.